The molecule has 0 radical (unpaired) electrons. The van der Waals surface area contributed by atoms with Crippen LogP contribution < -0.4 is 0 Å². The molecule has 1 aliphatic heterocycles. The summed E-state index contributed by atoms with van der Waals surface area (Å²) in [6.45, 7) is 5.64. The van der Waals surface area contributed by atoms with E-state index in [0.717, 1.165) is 11.1 Å². The van der Waals surface area contributed by atoms with Crippen molar-refractivity contribution in [2.45, 2.75) is 13.8 Å². The Kier molecular flexibility index (Phi) is 4.83. The van der Waals surface area contributed by atoms with E-state index in [1.807, 2.05) is 32.0 Å². The third-order valence-electron chi connectivity index (χ3n) is 4.79. The maximum absolute atomic E-state index is 13.8. The van der Waals surface area contributed by atoms with Crippen molar-refractivity contribution in [1.82, 2.24) is 9.80 Å². The van der Waals surface area contributed by atoms with Crippen LogP contribution in [0.25, 0.3) is 0 Å². The highest BCUT2D eigenvalue weighted by molar-refractivity contribution is 5.97. The third-order valence-corrected chi connectivity index (χ3v) is 4.79. The SMILES string of the molecule is Cc1cccc(C(=O)N2CCN(C(=O)c3ccccc3F)CC2)c1C. The predicted octanol–water partition coefficient (Wildman–Crippen LogP) is 3.04. The molecule has 0 spiro atoms. The first kappa shape index (κ1) is 17.1. The smallest absolute Gasteiger partial charge is 0.256 e. The highest BCUT2D eigenvalue weighted by atomic mass is 19.1. The highest BCUT2D eigenvalue weighted by Crippen LogP contribution is 2.17. The molecule has 1 aliphatic rings. The molecule has 2 aromatic carbocycles. The molecule has 0 N–H and O–H groups in total. The van der Waals surface area contributed by atoms with Crippen LogP contribution in [0.15, 0.2) is 42.5 Å². The van der Waals surface area contributed by atoms with Gasteiger partial charge in [-0.3, -0.25) is 9.59 Å². The molecule has 130 valence electrons. The molecule has 2 amide bonds. The second kappa shape index (κ2) is 7.05. The fourth-order valence-corrected chi connectivity index (χ4v) is 3.07. The summed E-state index contributed by atoms with van der Waals surface area (Å²) in [6, 6.07) is 11.7. The quantitative estimate of drug-likeness (QED) is 0.843. The number of hydrogen-bond acceptors (Lipinski definition) is 2. The number of carbonyl (C=O) groups excluding carboxylic acids is 2. The van der Waals surface area contributed by atoms with Gasteiger partial charge in [0.15, 0.2) is 0 Å². The fourth-order valence-electron chi connectivity index (χ4n) is 3.07. The number of piperazine rings is 1. The van der Waals surface area contributed by atoms with Crippen LogP contribution in [0.2, 0.25) is 0 Å². The van der Waals surface area contributed by atoms with Crippen LogP contribution in [0.1, 0.15) is 31.8 Å². The van der Waals surface area contributed by atoms with E-state index in [1.54, 1.807) is 21.9 Å². The van der Waals surface area contributed by atoms with Crippen LogP contribution in [-0.4, -0.2) is 47.8 Å². The summed E-state index contributed by atoms with van der Waals surface area (Å²) >= 11 is 0. The summed E-state index contributed by atoms with van der Waals surface area (Å²) < 4.78 is 13.8. The van der Waals surface area contributed by atoms with E-state index in [0.29, 0.717) is 31.7 Å². The molecule has 2 aromatic rings. The minimum Gasteiger partial charge on any atom is -0.335 e. The summed E-state index contributed by atoms with van der Waals surface area (Å²) in [5.41, 5.74) is 2.85. The van der Waals surface area contributed by atoms with Crippen LogP contribution in [0.5, 0.6) is 0 Å². The Morgan fingerprint density at radius 2 is 1.32 bits per heavy atom. The lowest BCUT2D eigenvalue weighted by molar-refractivity contribution is 0.0532. The van der Waals surface area contributed by atoms with Crippen LogP contribution in [0, 0.1) is 19.7 Å². The molecule has 1 fully saturated rings. The van der Waals surface area contributed by atoms with Gasteiger partial charge in [0.1, 0.15) is 5.82 Å². The lowest BCUT2D eigenvalue weighted by Gasteiger charge is -2.35. The van der Waals surface area contributed by atoms with E-state index in [-0.39, 0.29) is 17.4 Å². The predicted molar refractivity (Wildman–Crippen MR) is 94.1 cm³/mol. The molecule has 5 heteroatoms. The van der Waals surface area contributed by atoms with Gasteiger partial charge in [-0.2, -0.15) is 0 Å². The summed E-state index contributed by atoms with van der Waals surface area (Å²) in [4.78, 5) is 28.5. The molecular formula is C20H21FN2O2. The van der Waals surface area contributed by atoms with Gasteiger partial charge in [-0.05, 0) is 43.2 Å². The molecule has 0 saturated carbocycles. The first-order chi connectivity index (χ1) is 12.0. The van der Waals surface area contributed by atoms with E-state index in [9.17, 15) is 14.0 Å². The number of nitrogens with zero attached hydrogens (tertiary/aromatic N) is 2. The molecule has 4 nitrogen and oxygen atoms in total. The van der Waals surface area contributed by atoms with Gasteiger partial charge in [-0.1, -0.05) is 24.3 Å². The van der Waals surface area contributed by atoms with Gasteiger partial charge in [0.2, 0.25) is 0 Å². The average Bonchev–Trinajstić information content (AvgIpc) is 2.63. The number of hydrogen-bond donors (Lipinski definition) is 0. The zero-order valence-electron chi connectivity index (χ0n) is 14.5. The molecule has 0 unspecified atom stereocenters. The number of benzene rings is 2. The van der Waals surface area contributed by atoms with Crippen LogP contribution in [0.3, 0.4) is 0 Å². The Balaban J connectivity index is 1.68. The summed E-state index contributed by atoms with van der Waals surface area (Å²) in [5, 5.41) is 0. The Hall–Kier alpha value is -2.69. The molecule has 1 heterocycles. The molecule has 0 atom stereocenters. The molecule has 0 aliphatic carbocycles. The van der Waals surface area contributed by atoms with Gasteiger partial charge in [0.25, 0.3) is 11.8 Å². The van der Waals surface area contributed by atoms with Gasteiger partial charge in [0, 0.05) is 31.7 Å². The molecule has 25 heavy (non-hydrogen) atoms. The lowest BCUT2D eigenvalue weighted by atomic mass is 10.0. The third kappa shape index (κ3) is 3.40. The zero-order chi connectivity index (χ0) is 18.0. The molecule has 3 rings (SSSR count). The first-order valence-electron chi connectivity index (χ1n) is 8.38. The second-order valence-electron chi connectivity index (χ2n) is 6.31. The Morgan fingerprint density at radius 3 is 1.92 bits per heavy atom. The van der Waals surface area contributed by atoms with Gasteiger partial charge in [-0.25, -0.2) is 4.39 Å². The topological polar surface area (TPSA) is 40.6 Å². The molecule has 0 bridgehead atoms. The largest absolute Gasteiger partial charge is 0.335 e. The second-order valence-corrected chi connectivity index (χ2v) is 6.31. The van der Waals surface area contributed by atoms with Gasteiger partial charge in [-0.15, -0.1) is 0 Å². The lowest BCUT2D eigenvalue weighted by Crippen LogP contribution is -2.50. The van der Waals surface area contributed by atoms with Crippen molar-refractivity contribution in [3.8, 4) is 0 Å². The number of rotatable bonds is 2. The zero-order valence-corrected chi connectivity index (χ0v) is 14.5. The van der Waals surface area contributed by atoms with Crippen LogP contribution in [-0.2, 0) is 0 Å². The summed E-state index contributed by atoms with van der Waals surface area (Å²) in [5.74, 6) is -0.850. The maximum atomic E-state index is 13.8. The van der Waals surface area contributed by atoms with E-state index in [4.69, 9.17) is 0 Å². The highest BCUT2D eigenvalue weighted by Gasteiger charge is 2.27. The maximum Gasteiger partial charge on any atom is 0.256 e. The van der Waals surface area contributed by atoms with E-state index in [1.165, 1.54) is 12.1 Å². The van der Waals surface area contributed by atoms with Crippen molar-refractivity contribution in [2.24, 2.45) is 0 Å². The van der Waals surface area contributed by atoms with Crippen molar-refractivity contribution in [1.29, 1.82) is 0 Å². The first-order valence-corrected chi connectivity index (χ1v) is 8.38. The Labute approximate surface area is 146 Å². The van der Waals surface area contributed by atoms with Crippen LogP contribution >= 0.6 is 0 Å². The minimum atomic E-state index is -0.513. The average molecular weight is 340 g/mol. The standard InChI is InChI=1S/C20H21FN2O2/c1-14-6-5-8-16(15(14)2)19(24)22-10-12-23(13-11-22)20(25)17-7-3-4-9-18(17)21/h3-9H,10-13H2,1-2H3. The fraction of sp³-hybridized carbons (Fsp3) is 0.300. The van der Waals surface area contributed by atoms with Crippen LogP contribution in [0.4, 0.5) is 4.39 Å². The molecular weight excluding hydrogens is 319 g/mol. The van der Waals surface area contributed by atoms with E-state index < -0.39 is 5.82 Å². The Bertz CT molecular complexity index is 811. The number of halogens is 1. The summed E-state index contributed by atoms with van der Waals surface area (Å²) in [7, 11) is 0. The summed E-state index contributed by atoms with van der Waals surface area (Å²) in [6.07, 6.45) is 0. The minimum absolute atomic E-state index is 0.0146. The number of aryl methyl sites for hydroxylation is 1. The van der Waals surface area contributed by atoms with Gasteiger partial charge in [0.05, 0.1) is 5.56 Å². The van der Waals surface area contributed by atoms with E-state index >= 15 is 0 Å². The number of carbonyl (C=O) groups is 2. The molecule has 0 aromatic heterocycles. The van der Waals surface area contributed by atoms with Gasteiger partial charge < -0.3 is 9.80 Å². The number of amides is 2. The normalized spacial score (nSPS) is 14.5. The van der Waals surface area contributed by atoms with Gasteiger partial charge >= 0.3 is 0 Å². The Morgan fingerprint density at radius 1 is 0.800 bits per heavy atom. The van der Waals surface area contributed by atoms with E-state index in [2.05, 4.69) is 0 Å². The monoisotopic (exact) mass is 340 g/mol. The van der Waals surface area contributed by atoms with Crippen molar-refractivity contribution >= 4 is 11.8 Å². The van der Waals surface area contributed by atoms with Crippen molar-refractivity contribution in [3.05, 3.63) is 70.5 Å². The van der Waals surface area contributed by atoms with Crippen molar-refractivity contribution < 1.29 is 14.0 Å². The molecule has 1 saturated heterocycles. The van der Waals surface area contributed by atoms with Crippen molar-refractivity contribution in [2.75, 3.05) is 26.2 Å². The van der Waals surface area contributed by atoms with Crippen molar-refractivity contribution in [3.63, 3.8) is 0 Å².